The van der Waals surface area contributed by atoms with E-state index in [9.17, 15) is 9.36 Å². The van der Waals surface area contributed by atoms with E-state index in [2.05, 4.69) is 15.6 Å². The van der Waals surface area contributed by atoms with E-state index in [1.807, 2.05) is 19.1 Å². The van der Waals surface area contributed by atoms with Gasteiger partial charge in [0.25, 0.3) is 7.52 Å². The number of hydrogen-bond donors (Lipinski definition) is 2. The van der Waals surface area contributed by atoms with Gasteiger partial charge in [-0.15, -0.1) is 4.83 Å². The van der Waals surface area contributed by atoms with Gasteiger partial charge in [0.05, 0.1) is 13.2 Å². The van der Waals surface area contributed by atoms with Crippen LogP contribution in [-0.4, -0.2) is 48.3 Å². The van der Waals surface area contributed by atoms with Crippen LogP contribution in [0.15, 0.2) is 24.5 Å². The van der Waals surface area contributed by atoms with Crippen LogP contribution in [0.4, 0.5) is 4.79 Å². The molecule has 1 unspecified atom stereocenters. The zero-order valence-corrected chi connectivity index (χ0v) is 17.7. The average Bonchev–Trinajstić information content (AvgIpc) is 2.73. The van der Waals surface area contributed by atoms with Crippen LogP contribution in [0, 0.1) is 0 Å². The average molecular weight is 412 g/mol. The molecule has 28 heavy (non-hydrogen) atoms. The van der Waals surface area contributed by atoms with Gasteiger partial charge in [0.1, 0.15) is 0 Å². The van der Waals surface area contributed by atoms with E-state index in [1.54, 1.807) is 17.2 Å². The molecule has 158 valence electrons. The summed E-state index contributed by atoms with van der Waals surface area (Å²) in [5.74, 6) is 0. The molecule has 1 aromatic heterocycles. The molecule has 0 saturated carbocycles. The summed E-state index contributed by atoms with van der Waals surface area (Å²) in [5.41, 5.74) is 0.967. The molecule has 9 heteroatoms. The summed E-state index contributed by atoms with van der Waals surface area (Å²) in [6.45, 7) is 4.67. The second-order valence-corrected chi connectivity index (χ2v) is 9.21. The fraction of sp³-hybridized carbons (Fsp3) is 0.684. The summed E-state index contributed by atoms with van der Waals surface area (Å²) >= 11 is 0. The van der Waals surface area contributed by atoms with Crippen LogP contribution in [0.5, 0.6) is 0 Å². The molecule has 2 amide bonds. The summed E-state index contributed by atoms with van der Waals surface area (Å²) in [4.78, 5) is 22.9. The minimum Gasteiger partial charge on any atom is -0.338 e. The summed E-state index contributed by atoms with van der Waals surface area (Å²) in [5, 5.41) is 5.66. The van der Waals surface area contributed by atoms with Crippen molar-refractivity contribution in [3.05, 3.63) is 30.1 Å². The number of urea groups is 1. The van der Waals surface area contributed by atoms with Crippen molar-refractivity contribution in [2.24, 2.45) is 0 Å². The van der Waals surface area contributed by atoms with Gasteiger partial charge in [0.15, 0.2) is 0 Å². The normalized spacial score (nSPS) is 17.0. The number of hydroxylamine groups is 1. The second kappa shape index (κ2) is 12.9. The lowest BCUT2D eigenvalue weighted by Crippen LogP contribution is -2.35. The fourth-order valence-electron chi connectivity index (χ4n) is 3.01. The molecule has 1 saturated heterocycles. The molecular weight excluding hydrogens is 379 g/mol. The van der Waals surface area contributed by atoms with Crippen molar-refractivity contribution in [2.45, 2.75) is 52.0 Å². The van der Waals surface area contributed by atoms with Crippen LogP contribution < -0.4 is 10.6 Å². The van der Waals surface area contributed by atoms with E-state index in [0.717, 1.165) is 44.1 Å². The van der Waals surface area contributed by atoms with Gasteiger partial charge in [-0.2, -0.15) is 0 Å². The van der Waals surface area contributed by atoms with Gasteiger partial charge in [-0.1, -0.05) is 18.9 Å². The van der Waals surface area contributed by atoms with Gasteiger partial charge in [-0.05, 0) is 44.2 Å². The van der Waals surface area contributed by atoms with Crippen LogP contribution in [0.25, 0.3) is 0 Å². The fourth-order valence-corrected chi connectivity index (χ4v) is 5.22. The summed E-state index contributed by atoms with van der Waals surface area (Å²) in [6, 6.07) is 3.59. The molecule has 1 atom stereocenters. The highest BCUT2D eigenvalue weighted by Gasteiger charge is 2.33. The number of nitrogens with one attached hydrogen (secondary N) is 2. The largest absolute Gasteiger partial charge is 0.338 e. The molecule has 0 aromatic carbocycles. The van der Waals surface area contributed by atoms with Crippen LogP contribution in [0.2, 0.25) is 0 Å². The Morgan fingerprint density at radius 1 is 1.29 bits per heavy atom. The van der Waals surface area contributed by atoms with Gasteiger partial charge in [-0.25, -0.2) is 4.79 Å². The van der Waals surface area contributed by atoms with E-state index in [1.165, 1.54) is 0 Å². The van der Waals surface area contributed by atoms with Gasteiger partial charge in [-0.3, -0.25) is 14.4 Å². The van der Waals surface area contributed by atoms with Gasteiger partial charge < -0.3 is 15.2 Å². The zero-order chi connectivity index (χ0) is 20.1. The first kappa shape index (κ1) is 22.8. The third-order valence-corrected chi connectivity index (χ3v) is 7.02. The number of carbonyl (C=O) groups excluding carboxylic acids is 1. The first-order valence-electron chi connectivity index (χ1n) is 10.2. The van der Waals surface area contributed by atoms with Crippen molar-refractivity contribution < 1.29 is 18.7 Å². The molecule has 2 heterocycles. The predicted octanol–water partition coefficient (Wildman–Crippen LogP) is 3.70. The molecule has 1 aliphatic rings. The number of pyridine rings is 1. The Hall–Kier alpha value is -1.47. The lowest BCUT2D eigenvalue weighted by atomic mass is 10.2. The van der Waals surface area contributed by atoms with Crippen molar-refractivity contribution >= 4 is 13.6 Å². The van der Waals surface area contributed by atoms with Crippen LogP contribution in [0.3, 0.4) is 0 Å². The first-order chi connectivity index (χ1) is 13.6. The molecule has 2 rings (SSSR count). The highest BCUT2D eigenvalue weighted by Crippen LogP contribution is 2.52. The molecular formula is C19H33N4O4P. The van der Waals surface area contributed by atoms with Crippen molar-refractivity contribution in [1.29, 1.82) is 0 Å². The topological polar surface area (TPSA) is 92.8 Å². The summed E-state index contributed by atoms with van der Waals surface area (Å²) in [7, 11) is -2.88. The number of rotatable bonds is 12. The van der Waals surface area contributed by atoms with E-state index >= 15 is 0 Å². The monoisotopic (exact) mass is 412 g/mol. The van der Waals surface area contributed by atoms with E-state index in [-0.39, 0.29) is 6.03 Å². The third kappa shape index (κ3) is 8.27. The quantitative estimate of drug-likeness (QED) is 0.402. The molecule has 0 spiro atoms. The second-order valence-electron chi connectivity index (χ2n) is 6.78. The highest BCUT2D eigenvalue weighted by atomic mass is 31.2. The number of unbranched alkanes of at least 4 members (excludes halogenated alkanes) is 3. The molecule has 1 aliphatic heterocycles. The van der Waals surface area contributed by atoms with Gasteiger partial charge in [0.2, 0.25) is 0 Å². The lowest BCUT2D eigenvalue weighted by Gasteiger charge is -2.32. The number of hydrogen-bond acceptors (Lipinski definition) is 5. The van der Waals surface area contributed by atoms with Crippen LogP contribution in [0.1, 0.15) is 51.0 Å². The van der Waals surface area contributed by atoms with Crippen molar-refractivity contribution in [3.63, 3.8) is 0 Å². The lowest BCUT2D eigenvalue weighted by molar-refractivity contribution is -0.120. The van der Waals surface area contributed by atoms with Crippen molar-refractivity contribution in [2.75, 3.05) is 32.5 Å². The Kier molecular flexibility index (Phi) is 10.5. The third-order valence-electron chi connectivity index (χ3n) is 4.48. The Morgan fingerprint density at radius 2 is 2.14 bits per heavy atom. The molecule has 2 N–H and O–H groups in total. The SMILES string of the molecule is CCOP(=O)(CCCCCCNC(=O)NCc1cccnc1)N1CCCCO1. The Morgan fingerprint density at radius 3 is 2.86 bits per heavy atom. The minimum atomic E-state index is -2.88. The smallest absolute Gasteiger partial charge is 0.315 e. The Balaban J connectivity index is 1.54. The van der Waals surface area contributed by atoms with E-state index in [0.29, 0.717) is 39.0 Å². The zero-order valence-electron chi connectivity index (χ0n) is 16.8. The molecule has 0 radical (unpaired) electrons. The van der Waals surface area contributed by atoms with Crippen LogP contribution in [-0.2, 0) is 20.5 Å². The highest BCUT2D eigenvalue weighted by molar-refractivity contribution is 7.56. The molecule has 1 aromatic rings. The molecule has 8 nitrogen and oxygen atoms in total. The maximum atomic E-state index is 13.0. The number of nitrogens with zero attached hydrogens (tertiary/aromatic N) is 2. The van der Waals surface area contributed by atoms with Crippen molar-refractivity contribution in [3.8, 4) is 0 Å². The number of carbonyl (C=O) groups is 1. The number of aromatic nitrogens is 1. The van der Waals surface area contributed by atoms with Crippen LogP contribution >= 0.6 is 7.52 Å². The van der Waals surface area contributed by atoms with Gasteiger partial charge in [0, 0.05) is 38.2 Å². The first-order valence-corrected chi connectivity index (χ1v) is 12.0. The maximum absolute atomic E-state index is 13.0. The minimum absolute atomic E-state index is 0.174. The van der Waals surface area contributed by atoms with Crippen molar-refractivity contribution in [1.82, 2.24) is 20.5 Å². The van der Waals surface area contributed by atoms with E-state index < -0.39 is 7.52 Å². The Labute approximate surface area is 167 Å². The number of amides is 2. The predicted molar refractivity (Wildman–Crippen MR) is 109 cm³/mol. The van der Waals surface area contributed by atoms with Gasteiger partial charge >= 0.3 is 6.03 Å². The molecule has 0 bridgehead atoms. The summed E-state index contributed by atoms with van der Waals surface area (Å²) in [6.07, 6.45) is 9.58. The maximum Gasteiger partial charge on any atom is 0.315 e. The molecule has 1 fully saturated rings. The summed E-state index contributed by atoms with van der Waals surface area (Å²) < 4.78 is 18.6. The Bertz CT molecular complexity index is 611. The van der Waals surface area contributed by atoms with E-state index in [4.69, 9.17) is 9.36 Å². The standard InChI is InChI=1S/C19H33N4O4P/c1-2-27-28(25,23-13-6-7-14-26-23)15-8-4-3-5-12-21-19(24)22-17-18-10-9-11-20-16-18/h9-11,16H,2-8,12-15,17H2,1H3,(H2,21,22,24). The molecule has 0 aliphatic carbocycles.